The number of carbonyl (C=O) groups excluding carboxylic acids is 1. The molecule has 0 aliphatic carbocycles. The Morgan fingerprint density at radius 3 is 2.76 bits per heavy atom. The van der Waals surface area contributed by atoms with Crippen molar-refractivity contribution in [3.63, 3.8) is 0 Å². The number of carbonyl (C=O) groups is 1. The van der Waals surface area contributed by atoms with E-state index in [1.807, 2.05) is 24.3 Å². The minimum Gasteiger partial charge on any atom is -0.484 e. The van der Waals surface area contributed by atoms with Crippen molar-refractivity contribution in [3.8, 4) is 17.1 Å². The van der Waals surface area contributed by atoms with Gasteiger partial charge < -0.3 is 14.6 Å². The highest BCUT2D eigenvalue weighted by Crippen LogP contribution is 2.21. The Morgan fingerprint density at radius 2 is 2.04 bits per heavy atom. The second-order valence-corrected chi connectivity index (χ2v) is 5.79. The second-order valence-electron chi connectivity index (χ2n) is 5.36. The van der Waals surface area contributed by atoms with E-state index < -0.39 is 0 Å². The molecule has 0 aliphatic heterocycles. The quantitative estimate of drug-likeness (QED) is 0.731. The van der Waals surface area contributed by atoms with Crippen LogP contribution >= 0.6 is 11.6 Å². The first-order valence-electron chi connectivity index (χ1n) is 7.65. The Labute approximate surface area is 149 Å². The summed E-state index contributed by atoms with van der Waals surface area (Å²) in [6.45, 7) is 2.06. The number of hydrogen-bond acceptors (Lipinski definition) is 5. The van der Waals surface area contributed by atoms with E-state index in [1.54, 1.807) is 31.2 Å². The lowest BCUT2D eigenvalue weighted by atomic mass is 10.2. The SMILES string of the molecule is Cc1nc(-c2cccc(OCC(=O)NCc3ccc(Cl)cc3)c2)no1. The molecule has 1 N–H and O–H groups in total. The van der Waals surface area contributed by atoms with Gasteiger partial charge in [0, 0.05) is 24.1 Å². The summed E-state index contributed by atoms with van der Waals surface area (Å²) >= 11 is 5.83. The summed E-state index contributed by atoms with van der Waals surface area (Å²) in [5, 5.41) is 7.31. The lowest BCUT2D eigenvalue weighted by Crippen LogP contribution is -2.28. The summed E-state index contributed by atoms with van der Waals surface area (Å²) in [4.78, 5) is 16.1. The number of nitrogens with zero attached hydrogens (tertiary/aromatic N) is 2. The van der Waals surface area contributed by atoms with Crippen molar-refractivity contribution in [1.29, 1.82) is 0 Å². The Morgan fingerprint density at radius 1 is 1.24 bits per heavy atom. The van der Waals surface area contributed by atoms with Crippen LogP contribution in [0.2, 0.25) is 5.02 Å². The van der Waals surface area contributed by atoms with E-state index in [0.717, 1.165) is 11.1 Å². The maximum atomic E-state index is 11.9. The molecule has 7 heteroatoms. The van der Waals surface area contributed by atoms with Gasteiger partial charge in [-0.25, -0.2) is 0 Å². The van der Waals surface area contributed by atoms with Gasteiger partial charge in [-0.15, -0.1) is 0 Å². The van der Waals surface area contributed by atoms with Gasteiger partial charge >= 0.3 is 0 Å². The Balaban J connectivity index is 1.52. The molecule has 0 atom stereocenters. The van der Waals surface area contributed by atoms with Gasteiger partial charge in [-0.2, -0.15) is 4.98 Å². The van der Waals surface area contributed by atoms with Crippen LogP contribution < -0.4 is 10.1 Å². The van der Waals surface area contributed by atoms with E-state index in [1.165, 1.54) is 0 Å². The van der Waals surface area contributed by atoms with E-state index in [-0.39, 0.29) is 12.5 Å². The molecule has 6 nitrogen and oxygen atoms in total. The number of aryl methyl sites for hydroxylation is 1. The van der Waals surface area contributed by atoms with Gasteiger partial charge in [0.2, 0.25) is 11.7 Å². The molecular formula is C18H16ClN3O3. The molecule has 2 aromatic carbocycles. The largest absolute Gasteiger partial charge is 0.484 e. The van der Waals surface area contributed by atoms with Gasteiger partial charge in [-0.1, -0.05) is 41.0 Å². The lowest BCUT2D eigenvalue weighted by molar-refractivity contribution is -0.123. The molecule has 0 radical (unpaired) electrons. The molecule has 0 fully saturated rings. The van der Waals surface area contributed by atoms with Crippen LogP contribution in [-0.2, 0) is 11.3 Å². The number of benzene rings is 2. The molecule has 128 valence electrons. The summed E-state index contributed by atoms with van der Waals surface area (Å²) in [7, 11) is 0. The molecule has 3 aromatic rings. The number of amides is 1. The van der Waals surface area contributed by atoms with Crippen molar-refractivity contribution in [2.45, 2.75) is 13.5 Å². The van der Waals surface area contributed by atoms with Crippen molar-refractivity contribution >= 4 is 17.5 Å². The first kappa shape index (κ1) is 17.0. The zero-order chi connectivity index (χ0) is 17.6. The van der Waals surface area contributed by atoms with Crippen LogP contribution in [0, 0.1) is 6.92 Å². The molecular weight excluding hydrogens is 342 g/mol. The van der Waals surface area contributed by atoms with Gasteiger partial charge in [-0.3, -0.25) is 4.79 Å². The van der Waals surface area contributed by atoms with Gasteiger partial charge in [0.15, 0.2) is 6.61 Å². The van der Waals surface area contributed by atoms with Crippen LogP contribution in [0.4, 0.5) is 0 Å². The predicted octanol–water partition coefficient (Wildman–Crippen LogP) is 3.39. The summed E-state index contributed by atoms with van der Waals surface area (Å²) in [6, 6.07) is 14.5. The van der Waals surface area contributed by atoms with Crippen molar-refractivity contribution in [1.82, 2.24) is 15.5 Å². The summed E-state index contributed by atoms with van der Waals surface area (Å²) < 4.78 is 10.5. The van der Waals surface area contributed by atoms with Crippen LogP contribution in [0.1, 0.15) is 11.5 Å². The van der Waals surface area contributed by atoms with E-state index in [0.29, 0.717) is 29.0 Å². The lowest BCUT2D eigenvalue weighted by Gasteiger charge is -2.08. The standard InChI is InChI=1S/C18H16ClN3O3/c1-12-21-18(22-25-12)14-3-2-4-16(9-14)24-11-17(23)20-10-13-5-7-15(19)8-6-13/h2-9H,10-11H2,1H3,(H,20,23). The molecule has 0 aliphatic rings. The number of ether oxygens (including phenoxy) is 1. The Kier molecular flexibility index (Phi) is 5.30. The monoisotopic (exact) mass is 357 g/mol. The van der Waals surface area contributed by atoms with Crippen LogP contribution in [-0.4, -0.2) is 22.7 Å². The molecule has 25 heavy (non-hydrogen) atoms. The van der Waals surface area contributed by atoms with Crippen LogP contribution in [0.5, 0.6) is 5.75 Å². The van der Waals surface area contributed by atoms with Crippen molar-refractivity contribution in [3.05, 3.63) is 65.0 Å². The summed E-state index contributed by atoms with van der Waals surface area (Å²) in [6.07, 6.45) is 0. The molecule has 0 bridgehead atoms. The van der Waals surface area contributed by atoms with Crippen LogP contribution in [0.3, 0.4) is 0 Å². The van der Waals surface area contributed by atoms with Crippen LogP contribution in [0.15, 0.2) is 53.1 Å². The fourth-order valence-corrected chi connectivity index (χ4v) is 2.27. The van der Waals surface area contributed by atoms with Crippen molar-refractivity contribution in [2.24, 2.45) is 0 Å². The van der Waals surface area contributed by atoms with E-state index in [9.17, 15) is 4.79 Å². The third-order valence-corrected chi connectivity index (χ3v) is 3.64. The third-order valence-electron chi connectivity index (χ3n) is 3.39. The molecule has 0 saturated heterocycles. The smallest absolute Gasteiger partial charge is 0.258 e. The Hall–Kier alpha value is -2.86. The fraction of sp³-hybridized carbons (Fsp3) is 0.167. The molecule has 0 spiro atoms. The highest BCUT2D eigenvalue weighted by Gasteiger charge is 2.08. The molecule has 0 saturated carbocycles. The predicted molar refractivity (Wildman–Crippen MR) is 93.3 cm³/mol. The van der Waals surface area contributed by atoms with Crippen molar-refractivity contribution < 1.29 is 14.1 Å². The molecule has 0 unspecified atom stereocenters. The second kappa shape index (κ2) is 7.81. The number of aromatic nitrogens is 2. The topological polar surface area (TPSA) is 77.2 Å². The minimum absolute atomic E-state index is 0.0810. The molecule has 3 rings (SSSR count). The maximum Gasteiger partial charge on any atom is 0.258 e. The average molecular weight is 358 g/mol. The normalized spacial score (nSPS) is 10.5. The van der Waals surface area contributed by atoms with Gasteiger partial charge in [0.25, 0.3) is 5.91 Å². The molecule has 1 heterocycles. The molecule has 1 aromatic heterocycles. The number of nitrogens with one attached hydrogen (secondary N) is 1. The van der Waals surface area contributed by atoms with E-state index >= 15 is 0 Å². The highest BCUT2D eigenvalue weighted by molar-refractivity contribution is 6.30. The number of halogens is 1. The molecule has 1 amide bonds. The van der Waals surface area contributed by atoms with E-state index in [2.05, 4.69) is 15.5 Å². The summed E-state index contributed by atoms with van der Waals surface area (Å²) in [5.41, 5.74) is 1.73. The third kappa shape index (κ3) is 4.81. The number of hydrogen-bond donors (Lipinski definition) is 1. The summed E-state index contributed by atoms with van der Waals surface area (Å²) in [5.74, 6) is 1.32. The van der Waals surface area contributed by atoms with Gasteiger partial charge in [0.05, 0.1) is 0 Å². The minimum atomic E-state index is -0.212. The Bertz CT molecular complexity index is 862. The first-order chi connectivity index (χ1) is 12.1. The van der Waals surface area contributed by atoms with Gasteiger partial charge in [-0.05, 0) is 29.8 Å². The maximum absolute atomic E-state index is 11.9. The fourth-order valence-electron chi connectivity index (χ4n) is 2.14. The van der Waals surface area contributed by atoms with E-state index in [4.69, 9.17) is 20.9 Å². The first-order valence-corrected chi connectivity index (χ1v) is 8.02. The zero-order valence-corrected chi connectivity index (χ0v) is 14.3. The number of rotatable bonds is 6. The van der Waals surface area contributed by atoms with Crippen molar-refractivity contribution in [2.75, 3.05) is 6.61 Å². The van der Waals surface area contributed by atoms with Crippen LogP contribution in [0.25, 0.3) is 11.4 Å². The highest BCUT2D eigenvalue weighted by atomic mass is 35.5. The zero-order valence-electron chi connectivity index (χ0n) is 13.5. The van der Waals surface area contributed by atoms with Gasteiger partial charge in [0.1, 0.15) is 5.75 Å². The average Bonchev–Trinajstić information content (AvgIpc) is 3.06.